The zero-order chi connectivity index (χ0) is 13.1. The fourth-order valence-electron chi connectivity index (χ4n) is 1.86. The van der Waals surface area contributed by atoms with Gasteiger partial charge < -0.3 is 9.84 Å². The van der Waals surface area contributed by atoms with Gasteiger partial charge in [0.25, 0.3) is 0 Å². The summed E-state index contributed by atoms with van der Waals surface area (Å²) in [6.07, 6.45) is 3.62. The van der Waals surface area contributed by atoms with Crippen LogP contribution < -0.4 is 0 Å². The number of hydrogen-bond donors (Lipinski definition) is 1. The molecule has 1 rings (SSSR count). The van der Waals surface area contributed by atoms with Crippen LogP contribution in [0.2, 0.25) is 0 Å². The summed E-state index contributed by atoms with van der Waals surface area (Å²) in [6, 6.07) is 0. The molecule has 1 N–H and O–H groups in total. The third kappa shape index (κ3) is 3.56. The maximum absolute atomic E-state index is 11.4. The number of rotatable bonds is 5. The van der Waals surface area contributed by atoms with E-state index in [1.54, 1.807) is 0 Å². The molecule has 0 bridgehead atoms. The smallest absolute Gasteiger partial charge is 0.335 e. The lowest BCUT2D eigenvalue weighted by atomic mass is 9.82. The van der Waals surface area contributed by atoms with Gasteiger partial charge in [-0.1, -0.05) is 32.9 Å². The lowest BCUT2D eigenvalue weighted by molar-refractivity contribution is -0.174. The van der Waals surface area contributed by atoms with Crippen molar-refractivity contribution in [3.05, 3.63) is 12.2 Å². The number of ether oxygens (including phenoxy) is 1. The van der Waals surface area contributed by atoms with Crippen molar-refractivity contribution in [2.24, 2.45) is 5.41 Å². The van der Waals surface area contributed by atoms with Crippen molar-refractivity contribution in [3.8, 4) is 0 Å². The zero-order valence-electron chi connectivity index (χ0n) is 11.2. The van der Waals surface area contributed by atoms with Crippen LogP contribution in [-0.2, 0) is 9.53 Å². The van der Waals surface area contributed by atoms with Crippen molar-refractivity contribution in [1.29, 1.82) is 0 Å². The molecule has 17 heavy (non-hydrogen) atoms. The SMILES string of the molecule is C=C1CCC(OCC(C)(C)CC)(C(=O)O)CC1. The molecule has 0 amide bonds. The maximum Gasteiger partial charge on any atom is 0.335 e. The molecule has 0 aromatic heterocycles. The van der Waals surface area contributed by atoms with Gasteiger partial charge in [-0.2, -0.15) is 0 Å². The summed E-state index contributed by atoms with van der Waals surface area (Å²) < 4.78 is 5.80. The van der Waals surface area contributed by atoms with Crippen LogP contribution in [0.15, 0.2) is 12.2 Å². The molecule has 0 heterocycles. The minimum atomic E-state index is -0.979. The average Bonchev–Trinajstić information content (AvgIpc) is 2.28. The van der Waals surface area contributed by atoms with Crippen LogP contribution in [0.1, 0.15) is 52.9 Å². The maximum atomic E-state index is 11.4. The van der Waals surface area contributed by atoms with Gasteiger partial charge in [-0.25, -0.2) is 4.79 Å². The highest BCUT2D eigenvalue weighted by Gasteiger charge is 2.42. The molecule has 3 heteroatoms. The Balaban J connectivity index is 2.67. The molecular weight excluding hydrogens is 216 g/mol. The number of aliphatic carboxylic acids is 1. The molecule has 0 aromatic rings. The summed E-state index contributed by atoms with van der Waals surface area (Å²) in [5.41, 5.74) is 0.199. The molecule has 1 aliphatic rings. The Labute approximate surface area is 104 Å². The molecule has 98 valence electrons. The molecule has 0 atom stereocenters. The fourth-order valence-corrected chi connectivity index (χ4v) is 1.86. The second-order valence-electron chi connectivity index (χ2n) is 5.86. The molecule has 0 saturated heterocycles. The summed E-state index contributed by atoms with van der Waals surface area (Å²) in [6.45, 7) is 10.7. The quantitative estimate of drug-likeness (QED) is 0.749. The van der Waals surface area contributed by atoms with Crippen LogP contribution in [0.4, 0.5) is 0 Å². The number of carbonyl (C=O) groups is 1. The van der Waals surface area contributed by atoms with Crippen molar-refractivity contribution in [1.82, 2.24) is 0 Å². The molecular formula is C14H24O3. The van der Waals surface area contributed by atoms with Crippen molar-refractivity contribution >= 4 is 5.97 Å². The second kappa shape index (κ2) is 5.21. The van der Waals surface area contributed by atoms with Gasteiger partial charge in [-0.3, -0.25) is 0 Å². The molecule has 0 radical (unpaired) electrons. The zero-order valence-corrected chi connectivity index (χ0v) is 11.2. The van der Waals surface area contributed by atoms with Crippen LogP contribution in [0, 0.1) is 5.41 Å². The van der Waals surface area contributed by atoms with E-state index in [4.69, 9.17) is 4.74 Å². The van der Waals surface area contributed by atoms with Crippen molar-refractivity contribution in [2.75, 3.05) is 6.61 Å². The minimum Gasteiger partial charge on any atom is -0.479 e. The van der Waals surface area contributed by atoms with Crippen LogP contribution in [0.5, 0.6) is 0 Å². The largest absolute Gasteiger partial charge is 0.479 e. The normalized spacial score (nSPS) is 20.3. The van der Waals surface area contributed by atoms with E-state index >= 15 is 0 Å². The summed E-state index contributed by atoms with van der Waals surface area (Å²) in [5.74, 6) is -0.822. The molecule has 0 spiro atoms. The Bertz CT molecular complexity index is 295. The Morgan fingerprint density at radius 2 is 2.00 bits per heavy atom. The van der Waals surface area contributed by atoms with E-state index in [0.29, 0.717) is 19.4 Å². The molecule has 1 aliphatic carbocycles. The first kappa shape index (κ1) is 14.2. The standard InChI is InChI=1S/C14H24O3/c1-5-13(3,4)10-17-14(12(15)16)8-6-11(2)7-9-14/h2,5-10H2,1,3-4H3,(H,15,16). The van der Waals surface area contributed by atoms with E-state index < -0.39 is 11.6 Å². The number of carboxylic acid groups (broad SMARTS) is 1. The average molecular weight is 240 g/mol. The van der Waals surface area contributed by atoms with E-state index in [1.165, 1.54) is 0 Å². The third-order valence-electron chi connectivity index (χ3n) is 3.85. The second-order valence-corrected chi connectivity index (χ2v) is 5.86. The monoisotopic (exact) mass is 240 g/mol. The van der Waals surface area contributed by atoms with Gasteiger partial charge in [0.05, 0.1) is 6.61 Å². The van der Waals surface area contributed by atoms with Crippen LogP contribution >= 0.6 is 0 Å². The Morgan fingerprint density at radius 3 is 2.41 bits per heavy atom. The van der Waals surface area contributed by atoms with Gasteiger partial charge in [-0.15, -0.1) is 0 Å². The highest BCUT2D eigenvalue weighted by Crippen LogP contribution is 2.36. The van der Waals surface area contributed by atoms with Gasteiger partial charge in [0.1, 0.15) is 0 Å². The Morgan fingerprint density at radius 1 is 1.47 bits per heavy atom. The van der Waals surface area contributed by atoms with Gasteiger partial charge in [-0.05, 0) is 37.5 Å². The van der Waals surface area contributed by atoms with Gasteiger partial charge in [0, 0.05) is 0 Å². The van der Waals surface area contributed by atoms with Crippen molar-refractivity contribution in [3.63, 3.8) is 0 Å². The number of allylic oxidation sites excluding steroid dienone is 1. The van der Waals surface area contributed by atoms with E-state index in [0.717, 1.165) is 24.8 Å². The van der Waals surface area contributed by atoms with E-state index in [9.17, 15) is 9.90 Å². The molecule has 1 saturated carbocycles. The Hall–Kier alpha value is -0.830. The van der Waals surface area contributed by atoms with E-state index in [-0.39, 0.29) is 5.41 Å². The predicted molar refractivity (Wildman–Crippen MR) is 68.0 cm³/mol. The van der Waals surface area contributed by atoms with Crippen LogP contribution in [-0.4, -0.2) is 23.3 Å². The van der Waals surface area contributed by atoms with Gasteiger partial charge >= 0.3 is 5.97 Å². The van der Waals surface area contributed by atoms with E-state index in [1.807, 2.05) is 0 Å². The fraction of sp³-hybridized carbons (Fsp3) is 0.786. The number of carboxylic acids is 1. The van der Waals surface area contributed by atoms with Crippen LogP contribution in [0.3, 0.4) is 0 Å². The third-order valence-corrected chi connectivity index (χ3v) is 3.85. The summed E-state index contributed by atoms with van der Waals surface area (Å²) in [5, 5.41) is 9.39. The van der Waals surface area contributed by atoms with Crippen LogP contribution in [0.25, 0.3) is 0 Å². The first-order chi connectivity index (χ1) is 7.81. The number of hydrogen-bond acceptors (Lipinski definition) is 2. The first-order valence-corrected chi connectivity index (χ1v) is 6.35. The lowest BCUT2D eigenvalue weighted by Crippen LogP contribution is -2.45. The predicted octanol–water partition coefficient (Wildman–Crippen LogP) is 3.39. The topological polar surface area (TPSA) is 46.5 Å². The highest BCUT2D eigenvalue weighted by molar-refractivity contribution is 5.77. The molecule has 3 nitrogen and oxygen atoms in total. The Kier molecular flexibility index (Phi) is 4.36. The molecule has 0 aliphatic heterocycles. The lowest BCUT2D eigenvalue weighted by Gasteiger charge is -2.36. The first-order valence-electron chi connectivity index (χ1n) is 6.35. The summed E-state index contributed by atoms with van der Waals surface area (Å²) in [4.78, 5) is 11.4. The molecule has 0 unspecified atom stereocenters. The summed E-state index contributed by atoms with van der Waals surface area (Å²) >= 11 is 0. The van der Waals surface area contributed by atoms with Crippen molar-refractivity contribution in [2.45, 2.75) is 58.5 Å². The van der Waals surface area contributed by atoms with E-state index in [2.05, 4.69) is 27.4 Å². The molecule has 1 fully saturated rings. The minimum absolute atomic E-state index is 0.0386. The summed E-state index contributed by atoms with van der Waals surface area (Å²) in [7, 11) is 0. The molecule has 0 aromatic carbocycles. The highest BCUT2D eigenvalue weighted by atomic mass is 16.5. The van der Waals surface area contributed by atoms with Gasteiger partial charge in [0.15, 0.2) is 5.60 Å². The van der Waals surface area contributed by atoms with Gasteiger partial charge in [0.2, 0.25) is 0 Å². The van der Waals surface area contributed by atoms with Crippen molar-refractivity contribution < 1.29 is 14.6 Å².